The fourth-order valence-corrected chi connectivity index (χ4v) is 5.72. The first-order chi connectivity index (χ1) is 22.5. The molecular formula is C38H35BrN2O5. The van der Waals surface area contributed by atoms with E-state index < -0.39 is 11.5 Å². The second-order valence-electron chi connectivity index (χ2n) is 10.5. The Kier molecular flexibility index (Phi) is 11.2. The van der Waals surface area contributed by atoms with Crippen molar-refractivity contribution in [3.8, 4) is 11.5 Å². The molecule has 5 rings (SSSR count). The maximum absolute atomic E-state index is 12.8. The molecule has 0 aliphatic carbocycles. The van der Waals surface area contributed by atoms with Crippen LogP contribution in [0.25, 0.3) is 0 Å². The van der Waals surface area contributed by atoms with E-state index in [4.69, 9.17) is 14.2 Å². The van der Waals surface area contributed by atoms with Crippen molar-refractivity contribution in [2.45, 2.75) is 12.1 Å². The standard InChI is InChI=1S/C38H35BrN2O5/c1-44-34-19-17-32(18-20-34)38(30-13-7-3-8-14-30,31-15-9-4-10-16-31)41-22-21-40-36(42)27-45-35-24-29(23-33(39)25-35)37(43)46-26-28-11-5-2-6-12-28/h2-20,23-25,41H,21-22,26-27H2,1H3,(H,40,42). The molecule has 0 aliphatic heterocycles. The van der Waals surface area contributed by atoms with Gasteiger partial charge in [-0.3, -0.25) is 10.1 Å². The zero-order chi connectivity index (χ0) is 32.2. The predicted molar refractivity (Wildman–Crippen MR) is 182 cm³/mol. The number of carbonyl (C=O) groups is 2. The minimum absolute atomic E-state index is 0.160. The maximum atomic E-state index is 12.8. The molecule has 0 saturated carbocycles. The van der Waals surface area contributed by atoms with Crippen molar-refractivity contribution in [1.82, 2.24) is 10.6 Å². The summed E-state index contributed by atoms with van der Waals surface area (Å²) in [6, 6.07) is 42.9. The molecule has 5 aromatic carbocycles. The van der Waals surface area contributed by atoms with E-state index in [1.54, 1.807) is 25.3 Å². The molecule has 0 fully saturated rings. The monoisotopic (exact) mass is 678 g/mol. The normalized spacial score (nSPS) is 11.0. The molecule has 46 heavy (non-hydrogen) atoms. The Morgan fingerprint density at radius 3 is 1.89 bits per heavy atom. The van der Waals surface area contributed by atoms with Crippen molar-refractivity contribution < 1.29 is 23.8 Å². The number of methoxy groups -OCH3 is 1. The molecule has 0 unspecified atom stereocenters. The average Bonchev–Trinajstić information content (AvgIpc) is 3.11. The summed E-state index contributed by atoms with van der Waals surface area (Å²) in [7, 11) is 1.65. The molecule has 0 radical (unpaired) electrons. The summed E-state index contributed by atoms with van der Waals surface area (Å²) >= 11 is 3.42. The van der Waals surface area contributed by atoms with E-state index >= 15 is 0 Å². The van der Waals surface area contributed by atoms with Gasteiger partial charge in [0.05, 0.1) is 18.2 Å². The highest BCUT2D eigenvalue weighted by Crippen LogP contribution is 2.37. The van der Waals surface area contributed by atoms with Crippen LogP contribution in [0.5, 0.6) is 11.5 Å². The van der Waals surface area contributed by atoms with Gasteiger partial charge in [-0.2, -0.15) is 0 Å². The molecule has 0 aromatic heterocycles. The Morgan fingerprint density at radius 2 is 1.28 bits per heavy atom. The van der Waals surface area contributed by atoms with Crippen molar-refractivity contribution in [2.24, 2.45) is 0 Å². The molecule has 8 heteroatoms. The van der Waals surface area contributed by atoms with Crippen LogP contribution in [0.2, 0.25) is 0 Å². The lowest BCUT2D eigenvalue weighted by Gasteiger charge is -2.37. The molecule has 1 amide bonds. The topological polar surface area (TPSA) is 85.9 Å². The quantitative estimate of drug-likeness (QED) is 0.0756. The molecule has 5 aromatic rings. The van der Waals surface area contributed by atoms with Gasteiger partial charge in [-0.25, -0.2) is 4.79 Å². The van der Waals surface area contributed by atoms with Crippen LogP contribution in [-0.2, 0) is 21.7 Å². The van der Waals surface area contributed by atoms with E-state index in [9.17, 15) is 9.59 Å². The summed E-state index contributed by atoms with van der Waals surface area (Å²) in [5.41, 5.74) is 3.69. The number of amides is 1. The lowest BCUT2D eigenvalue weighted by atomic mass is 9.77. The van der Waals surface area contributed by atoms with E-state index in [0.717, 1.165) is 28.0 Å². The van der Waals surface area contributed by atoms with Gasteiger partial charge in [-0.1, -0.05) is 119 Å². The fourth-order valence-electron chi connectivity index (χ4n) is 5.25. The predicted octanol–water partition coefficient (Wildman–Crippen LogP) is 6.89. The maximum Gasteiger partial charge on any atom is 0.338 e. The summed E-state index contributed by atoms with van der Waals surface area (Å²) in [6.45, 7) is 0.772. The number of ether oxygens (including phenoxy) is 3. The van der Waals surface area contributed by atoms with Crippen LogP contribution in [0.15, 0.2) is 138 Å². The fraction of sp³-hybridized carbons (Fsp3) is 0.158. The van der Waals surface area contributed by atoms with Gasteiger partial charge in [0.2, 0.25) is 0 Å². The minimum atomic E-state index is -0.683. The molecule has 2 N–H and O–H groups in total. The van der Waals surface area contributed by atoms with Gasteiger partial charge in [-0.05, 0) is 52.6 Å². The first-order valence-corrected chi connectivity index (χ1v) is 15.7. The Balaban J connectivity index is 1.22. The van der Waals surface area contributed by atoms with Gasteiger partial charge in [0, 0.05) is 17.6 Å². The number of benzene rings is 5. The Labute approximate surface area is 277 Å². The van der Waals surface area contributed by atoms with Gasteiger partial charge in [0.25, 0.3) is 5.91 Å². The third-order valence-corrected chi connectivity index (χ3v) is 7.92. The second-order valence-corrected chi connectivity index (χ2v) is 11.4. The van der Waals surface area contributed by atoms with Gasteiger partial charge in [-0.15, -0.1) is 0 Å². The van der Waals surface area contributed by atoms with E-state index in [1.165, 1.54) is 0 Å². The number of rotatable bonds is 14. The highest BCUT2D eigenvalue weighted by molar-refractivity contribution is 9.10. The van der Waals surface area contributed by atoms with E-state index in [0.29, 0.717) is 28.9 Å². The van der Waals surface area contributed by atoms with Crippen LogP contribution in [0, 0.1) is 0 Å². The van der Waals surface area contributed by atoms with Crippen molar-refractivity contribution in [1.29, 1.82) is 0 Å². The molecule has 0 heterocycles. The lowest BCUT2D eigenvalue weighted by Crippen LogP contribution is -2.47. The lowest BCUT2D eigenvalue weighted by molar-refractivity contribution is -0.123. The van der Waals surface area contributed by atoms with E-state index in [1.807, 2.05) is 78.9 Å². The number of hydrogen-bond donors (Lipinski definition) is 2. The highest BCUT2D eigenvalue weighted by atomic mass is 79.9. The number of carbonyl (C=O) groups excluding carboxylic acids is 2. The van der Waals surface area contributed by atoms with Crippen LogP contribution < -0.4 is 20.1 Å². The van der Waals surface area contributed by atoms with Crippen molar-refractivity contribution in [3.05, 3.63) is 166 Å². The van der Waals surface area contributed by atoms with Gasteiger partial charge in [0.15, 0.2) is 6.61 Å². The zero-order valence-corrected chi connectivity index (χ0v) is 27.0. The summed E-state index contributed by atoms with van der Waals surface area (Å²) in [5, 5.41) is 6.68. The number of esters is 1. The number of halogens is 1. The molecule has 0 bridgehead atoms. The van der Waals surface area contributed by atoms with E-state index in [2.05, 4.69) is 63.0 Å². The smallest absolute Gasteiger partial charge is 0.338 e. The van der Waals surface area contributed by atoms with E-state index in [-0.39, 0.29) is 19.1 Å². The van der Waals surface area contributed by atoms with Gasteiger partial charge >= 0.3 is 5.97 Å². The third-order valence-electron chi connectivity index (χ3n) is 7.46. The number of nitrogens with one attached hydrogen (secondary N) is 2. The Bertz CT molecular complexity index is 1680. The van der Waals surface area contributed by atoms with Gasteiger partial charge < -0.3 is 19.5 Å². The van der Waals surface area contributed by atoms with Crippen LogP contribution >= 0.6 is 15.9 Å². The molecule has 0 spiro atoms. The van der Waals surface area contributed by atoms with Crippen LogP contribution in [0.1, 0.15) is 32.6 Å². The minimum Gasteiger partial charge on any atom is -0.497 e. The Hall–Kier alpha value is -4.92. The highest BCUT2D eigenvalue weighted by Gasteiger charge is 2.35. The second kappa shape index (κ2) is 15.9. The first kappa shape index (κ1) is 32.5. The molecule has 7 nitrogen and oxygen atoms in total. The molecular weight excluding hydrogens is 644 g/mol. The van der Waals surface area contributed by atoms with Crippen LogP contribution in [0.3, 0.4) is 0 Å². The van der Waals surface area contributed by atoms with Crippen molar-refractivity contribution >= 4 is 27.8 Å². The summed E-state index contributed by atoms with van der Waals surface area (Å²) in [5.74, 6) is 0.376. The third kappa shape index (κ3) is 8.21. The average molecular weight is 680 g/mol. The molecule has 234 valence electrons. The summed E-state index contributed by atoms with van der Waals surface area (Å²) < 4.78 is 17.2. The SMILES string of the molecule is COc1ccc(C(NCCNC(=O)COc2cc(Br)cc(C(=O)OCc3ccccc3)c2)(c2ccccc2)c2ccccc2)cc1. The van der Waals surface area contributed by atoms with Crippen LogP contribution in [-0.4, -0.2) is 38.7 Å². The van der Waals surface area contributed by atoms with Gasteiger partial charge in [0.1, 0.15) is 18.1 Å². The molecule has 0 saturated heterocycles. The molecule has 0 atom stereocenters. The van der Waals surface area contributed by atoms with Crippen molar-refractivity contribution in [3.63, 3.8) is 0 Å². The zero-order valence-electron chi connectivity index (χ0n) is 25.4. The van der Waals surface area contributed by atoms with Crippen LogP contribution in [0.4, 0.5) is 0 Å². The Morgan fingerprint density at radius 1 is 0.696 bits per heavy atom. The number of hydrogen-bond acceptors (Lipinski definition) is 6. The molecule has 0 aliphatic rings. The van der Waals surface area contributed by atoms with Crippen molar-refractivity contribution in [2.75, 3.05) is 26.8 Å². The summed E-state index contributed by atoms with van der Waals surface area (Å²) in [4.78, 5) is 25.5. The summed E-state index contributed by atoms with van der Waals surface area (Å²) in [6.07, 6.45) is 0. The largest absolute Gasteiger partial charge is 0.497 e. The first-order valence-electron chi connectivity index (χ1n) is 14.9.